The van der Waals surface area contributed by atoms with Gasteiger partial charge in [-0.05, 0) is 47.6 Å². The number of hydrogen-bond donors (Lipinski definition) is 1. The quantitative estimate of drug-likeness (QED) is 0.493. The number of ether oxygens (including phenoxy) is 1. The van der Waals surface area contributed by atoms with Gasteiger partial charge in [0.25, 0.3) is 5.91 Å². The molecule has 3 aromatic rings. The summed E-state index contributed by atoms with van der Waals surface area (Å²) in [5, 5.41) is 8.52. The van der Waals surface area contributed by atoms with E-state index in [-0.39, 0.29) is 18.1 Å². The number of carbonyl (C=O) groups is 2. The van der Waals surface area contributed by atoms with Gasteiger partial charge in [-0.2, -0.15) is 0 Å². The van der Waals surface area contributed by atoms with Gasteiger partial charge in [-0.3, -0.25) is 4.79 Å². The molecule has 9 heteroatoms. The van der Waals surface area contributed by atoms with Crippen molar-refractivity contribution < 1.29 is 18.7 Å². The van der Waals surface area contributed by atoms with Gasteiger partial charge in [-0.15, -0.1) is 16.4 Å². The number of rotatable bonds is 7. The van der Waals surface area contributed by atoms with Crippen LogP contribution in [0, 0.1) is 5.82 Å². The molecule has 0 saturated carbocycles. The highest BCUT2D eigenvalue weighted by atomic mass is 32.1. The van der Waals surface area contributed by atoms with Crippen molar-refractivity contribution in [1.29, 1.82) is 0 Å². The summed E-state index contributed by atoms with van der Waals surface area (Å²) in [6, 6.07) is 9.17. The second-order valence-corrected chi connectivity index (χ2v) is 6.89. The number of thiophene rings is 1. The van der Waals surface area contributed by atoms with Crippen molar-refractivity contribution in [3.05, 3.63) is 58.0 Å². The Labute approximate surface area is 156 Å². The molecule has 0 unspecified atom stereocenters. The van der Waals surface area contributed by atoms with Crippen LogP contribution < -0.4 is 5.32 Å². The zero-order valence-electron chi connectivity index (χ0n) is 13.5. The van der Waals surface area contributed by atoms with Crippen LogP contribution in [-0.4, -0.2) is 34.6 Å². The van der Waals surface area contributed by atoms with Crippen molar-refractivity contribution in [2.45, 2.75) is 6.42 Å². The number of hydrogen-bond acceptors (Lipinski definition) is 7. The van der Waals surface area contributed by atoms with E-state index in [9.17, 15) is 14.0 Å². The predicted octanol–water partition coefficient (Wildman–Crippen LogP) is 3.38. The van der Waals surface area contributed by atoms with Crippen molar-refractivity contribution in [3.8, 4) is 10.6 Å². The van der Waals surface area contributed by atoms with E-state index in [0.29, 0.717) is 23.5 Å². The van der Waals surface area contributed by atoms with Crippen LogP contribution in [0.4, 0.5) is 4.39 Å². The Bertz CT molecular complexity index is 896. The number of benzene rings is 1. The summed E-state index contributed by atoms with van der Waals surface area (Å²) in [5.74, 6) is -1.33. The first-order valence-electron chi connectivity index (χ1n) is 7.72. The summed E-state index contributed by atoms with van der Waals surface area (Å²) in [4.78, 5) is 25.2. The van der Waals surface area contributed by atoms with Crippen LogP contribution in [0.25, 0.3) is 10.6 Å². The molecular formula is C17H14FN3O3S2. The van der Waals surface area contributed by atoms with Crippen LogP contribution in [0.15, 0.2) is 41.8 Å². The van der Waals surface area contributed by atoms with Gasteiger partial charge in [0.2, 0.25) is 0 Å². The molecule has 26 heavy (non-hydrogen) atoms. The van der Waals surface area contributed by atoms with E-state index < -0.39 is 11.8 Å². The minimum absolute atomic E-state index is 0.143. The molecule has 0 bridgehead atoms. The Morgan fingerprint density at radius 1 is 1.23 bits per heavy atom. The summed E-state index contributed by atoms with van der Waals surface area (Å²) in [6.07, 6.45) is 0.438. The Kier molecular flexibility index (Phi) is 6.03. The smallest absolute Gasteiger partial charge is 0.352 e. The third-order valence-corrected chi connectivity index (χ3v) is 4.94. The number of halogens is 1. The van der Waals surface area contributed by atoms with Gasteiger partial charge in [0, 0.05) is 12.1 Å². The molecule has 0 saturated heterocycles. The molecule has 1 amide bonds. The summed E-state index contributed by atoms with van der Waals surface area (Å²) in [5.41, 5.74) is 0.771. The molecule has 3 rings (SSSR count). The van der Waals surface area contributed by atoms with Gasteiger partial charge in [-0.1, -0.05) is 16.6 Å². The average Bonchev–Trinajstić information content (AvgIpc) is 3.32. The highest BCUT2D eigenvalue weighted by Gasteiger charge is 2.19. The highest BCUT2D eigenvalue weighted by molar-refractivity contribution is 7.14. The Morgan fingerprint density at radius 2 is 2.12 bits per heavy atom. The molecule has 1 aromatic carbocycles. The lowest BCUT2D eigenvalue weighted by atomic mass is 10.2. The van der Waals surface area contributed by atoms with E-state index in [1.807, 2.05) is 17.5 Å². The Hall–Kier alpha value is -2.65. The van der Waals surface area contributed by atoms with Crippen LogP contribution in [-0.2, 0) is 4.74 Å². The molecule has 0 aliphatic rings. The average molecular weight is 391 g/mol. The molecular weight excluding hydrogens is 377 g/mol. The standard InChI is InChI=1S/C17H14FN3O3S2/c18-12-5-1-4-11(10-12)16(22)19-7-3-8-24-17(23)15-14(20-21-26-15)13-6-2-9-25-13/h1-2,4-6,9-10H,3,7-8H2,(H,19,22). The maximum atomic E-state index is 13.1. The minimum atomic E-state index is -0.486. The fourth-order valence-electron chi connectivity index (χ4n) is 2.14. The van der Waals surface area contributed by atoms with Crippen LogP contribution >= 0.6 is 22.9 Å². The molecule has 0 spiro atoms. The van der Waals surface area contributed by atoms with E-state index >= 15 is 0 Å². The molecule has 2 heterocycles. The lowest BCUT2D eigenvalue weighted by molar-refractivity contribution is 0.0507. The second kappa shape index (κ2) is 8.63. The molecule has 134 valence electrons. The third-order valence-electron chi connectivity index (χ3n) is 3.35. The summed E-state index contributed by atoms with van der Waals surface area (Å²) in [7, 11) is 0. The molecule has 0 atom stereocenters. The summed E-state index contributed by atoms with van der Waals surface area (Å²) < 4.78 is 22.1. The first kappa shape index (κ1) is 18.2. The van der Waals surface area contributed by atoms with Crippen molar-refractivity contribution >= 4 is 34.7 Å². The third kappa shape index (κ3) is 4.50. The van der Waals surface area contributed by atoms with Crippen molar-refractivity contribution in [2.75, 3.05) is 13.2 Å². The number of carbonyl (C=O) groups excluding carboxylic acids is 2. The Morgan fingerprint density at radius 3 is 2.88 bits per heavy atom. The molecule has 0 aliphatic carbocycles. The van der Waals surface area contributed by atoms with Crippen molar-refractivity contribution in [1.82, 2.24) is 14.9 Å². The van der Waals surface area contributed by atoms with Crippen LogP contribution in [0.1, 0.15) is 26.5 Å². The van der Waals surface area contributed by atoms with Gasteiger partial charge < -0.3 is 10.1 Å². The van der Waals surface area contributed by atoms with Gasteiger partial charge in [0.1, 0.15) is 11.5 Å². The zero-order valence-corrected chi connectivity index (χ0v) is 15.1. The zero-order chi connectivity index (χ0) is 18.4. The number of amides is 1. The largest absolute Gasteiger partial charge is 0.461 e. The van der Waals surface area contributed by atoms with Crippen LogP contribution in [0.5, 0.6) is 0 Å². The fraction of sp³-hybridized carbons (Fsp3) is 0.176. The second-order valence-electron chi connectivity index (χ2n) is 5.18. The lowest BCUT2D eigenvalue weighted by Gasteiger charge is -2.06. The summed E-state index contributed by atoms with van der Waals surface area (Å²) in [6.45, 7) is 0.450. The monoisotopic (exact) mass is 391 g/mol. The van der Waals surface area contributed by atoms with Gasteiger partial charge in [0.05, 0.1) is 11.5 Å². The summed E-state index contributed by atoms with van der Waals surface area (Å²) >= 11 is 2.46. The van der Waals surface area contributed by atoms with Crippen molar-refractivity contribution in [2.24, 2.45) is 0 Å². The first-order valence-corrected chi connectivity index (χ1v) is 9.37. The van der Waals surface area contributed by atoms with Crippen LogP contribution in [0.2, 0.25) is 0 Å². The minimum Gasteiger partial charge on any atom is -0.461 e. The highest BCUT2D eigenvalue weighted by Crippen LogP contribution is 2.28. The lowest BCUT2D eigenvalue weighted by Crippen LogP contribution is -2.25. The molecule has 0 fully saturated rings. The predicted molar refractivity (Wildman–Crippen MR) is 96.9 cm³/mol. The van der Waals surface area contributed by atoms with E-state index in [1.54, 1.807) is 0 Å². The molecule has 0 radical (unpaired) electrons. The van der Waals surface area contributed by atoms with Gasteiger partial charge in [0.15, 0.2) is 4.88 Å². The first-order chi connectivity index (χ1) is 12.6. The van der Waals surface area contributed by atoms with Crippen molar-refractivity contribution in [3.63, 3.8) is 0 Å². The van der Waals surface area contributed by atoms with E-state index in [1.165, 1.54) is 29.5 Å². The normalized spacial score (nSPS) is 10.5. The number of nitrogens with zero attached hydrogens (tertiary/aromatic N) is 2. The maximum absolute atomic E-state index is 13.1. The fourth-order valence-corrected chi connectivity index (χ4v) is 3.49. The van der Waals surface area contributed by atoms with Gasteiger partial charge in [-0.25, -0.2) is 9.18 Å². The molecule has 2 aromatic heterocycles. The van der Waals surface area contributed by atoms with E-state index in [4.69, 9.17) is 4.74 Å². The molecule has 1 N–H and O–H groups in total. The Balaban J connectivity index is 1.44. The van der Waals surface area contributed by atoms with Crippen LogP contribution in [0.3, 0.4) is 0 Å². The number of nitrogens with one attached hydrogen (secondary N) is 1. The SMILES string of the molecule is O=C(NCCCOC(=O)c1snnc1-c1cccs1)c1cccc(F)c1. The molecule has 6 nitrogen and oxygen atoms in total. The van der Waals surface area contributed by atoms with E-state index in [0.717, 1.165) is 22.5 Å². The van der Waals surface area contributed by atoms with E-state index in [2.05, 4.69) is 14.9 Å². The molecule has 0 aliphatic heterocycles. The number of aromatic nitrogens is 2. The van der Waals surface area contributed by atoms with Gasteiger partial charge >= 0.3 is 5.97 Å². The maximum Gasteiger partial charge on any atom is 0.352 e. The number of esters is 1. The topological polar surface area (TPSA) is 81.2 Å².